The lowest BCUT2D eigenvalue weighted by molar-refractivity contribution is 0.411. The Bertz CT molecular complexity index is 516. The van der Waals surface area contributed by atoms with E-state index in [0.29, 0.717) is 17.0 Å². The van der Waals surface area contributed by atoms with Crippen LogP contribution in [0.25, 0.3) is 11.3 Å². The van der Waals surface area contributed by atoms with Crippen molar-refractivity contribution in [3.05, 3.63) is 36.3 Å². The van der Waals surface area contributed by atoms with Crippen LogP contribution in [0.15, 0.2) is 30.5 Å². The quantitative estimate of drug-likeness (QED) is 0.837. The maximum absolute atomic E-state index is 13.7. The Kier molecular flexibility index (Phi) is 2.68. The summed E-state index contributed by atoms with van der Waals surface area (Å²) in [6, 6.07) is 6.15. The molecule has 0 radical (unpaired) electrons. The summed E-state index contributed by atoms with van der Waals surface area (Å²) in [4.78, 5) is 7.69. The molecule has 5 heteroatoms. The molecule has 1 aromatic heterocycles. The Balaban J connectivity index is 2.48. The highest BCUT2D eigenvalue weighted by atomic mass is 19.1. The molecular formula is C11H10FN3O. The monoisotopic (exact) mass is 219 g/mol. The first kappa shape index (κ1) is 10.4. The molecule has 0 amide bonds. The molecule has 0 fully saturated rings. The van der Waals surface area contributed by atoms with E-state index in [4.69, 9.17) is 10.5 Å². The van der Waals surface area contributed by atoms with Crippen molar-refractivity contribution in [3.8, 4) is 17.0 Å². The average Bonchev–Trinajstić information content (AvgIpc) is 2.28. The third-order valence-corrected chi connectivity index (χ3v) is 2.13. The van der Waals surface area contributed by atoms with E-state index in [1.807, 2.05) is 0 Å². The predicted octanol–water partition coefficient (Wildman–Crippen LogP) is 1.87. The molecule has 1 aromatic carbocycles. The molecule has 16 heavy (non-hydrogen) atoms. The van der Waals surface area contributed by atoms with Gasteiger partial charge >= 0.3 is 0 Å². The zero-order valence-electron chi connectivity index (χ0n) is 8.64. The molecule has 2 rings (SSSR count). The molecule has 2 N–H and O–H groups in total. The van der Waals surface area contributed by atoms with Gasteiger partial charge in [0.1, 0.15) is 11.6 Å². The zero-order valence-corrected chi connectivity index (χ0v) is 8.64. The standard InChI is InChI=1S/C11H10FN3O/c1-16-7-2-3-8(9(12)6-7)10-4-5-14-11(13)15-10/h2-6H,1H3,(H2,13,14,15). The molecule has 0 saturated heterocycles. The molecule has 0 aliphatic rings. The van der Waals surface area contributed by atoms with Gasteiger partial charge in [-0.05, 0) is 18.2 Å². The van der Waals surface area contributed by atoms with Crippen molar-refractivity contribution in [2.75, 3.05) is 12.8 Å². The van der Waals surface area contributed by atoms with Crippen LogP contribution < -0.4 is 10.5 Å². The van der Waals surface area contributed by atoms with Gasteiger partial charge in [0, 0.05) is 17.8 Å². The molecule has 82 valence electrons. The number of methoxy groups -OCH3 is 1. The van der Waals surface area contributed by atoms with E-state index < -0.39 is 5.82 Å². The van der Waals surface area contributed by atoms with Gasteiger partial charge in [-0.2, -0.15) is 0 Å². The predicted molar refractivity (Wildman–Crippen MR) is 58.4 cm³/mol. The molecule has 0 atom stereocenters. The molecule has 0 aliphatic heterocycles. The third kappa shape index (κ3) is 1.93. The summed E-state index contributed by atoms with van der Waals surface area (Å²) in [6.45, 7) is 0. The van der Waals surface area contributed by atoms with E-state index in [1.165, 1.54) is 19.4 Å². The summed E-state index contributed by atoms with van der Waals surface area (Å²) in [5, 5.41) is 0. The van der Waals surface area contributed by atoms with E-state index in [0.717, 1.165) is 0 Å². The van der Waals surface area contributed by atoms with Gasteiger partial charge in [-0.1, -0.05) is 0 Å². The number of halogens is 1. The number of nitrogens with two attached hydrogens (primary N) is 1. The maximum Gasteiger partial charge on any atom is 0.220 e. The second-order valence-electron chi connectivity index (χ2n) is 3.15. The van der Waals surface area contributed by atoms with E-state index >= 15 is 0 Å². The topological polar surface area (TPSA) is 61.0 Å². The number of ether oxygens (including phenoxy) is 1. The van der Waals surface area contributed by atoms with Crippen LogP contribution in [0.2, 0.25) is 0 Å². The molecule has 0 unspecified atom stereocenters. The Morgan fingerprint density at radius 2 is 2.12 bits per heavy atom. The van der Waals surface area contributed by atoms with Crippen molar-refractivity contribution < 1.29 is 9.13 Å². The summed E-state index contributed by atoms with van der Waals surface area (Å²) in [5.41, 5.74) is 6.25. The lowest BCUT2D eigenvalue weighted by Crippen LogP contribution is -1.96. The number of anilines is 1. The lowest BCUT2D eigenvalue weighted by Gasteiger charge is -2.05. The van der Waals surface area contributed by atoms with Gasteiger partial charge in [-0.3, -0.25) is 0 Å². The number of hydrogen-bond acceptors (Lipinski definition) is 4. The highest BCUT2D eigenvalue weighted by Crippen LogP contribution is 2.24. The van der Waals surface area contributed by atoms with Crippen LogP contribution in [0.4, 0.5) is 10.3 Å². The number of aromatic nitrogens is 2. The van der Waals surface area contributed by atoms with Gasteiger partial charge in [0.15, 0.2) is 0 Å². The van der Waals surface area contributed by atoms with Crippen LogP contribution in [-0.2, 0) is 0 Å². The molecule has 4 nitrogen and oxygen atoms in total. The largest absolute Gasteiger partial charge is 0.497 e. The second kappa shape index (κ2) is 4.14. The van der Waals surface area contributed by atoms with Crippen molar-refractivity contribution in [2.45, 2.75) is 0 Å². The SMILES string of the molecule is COc1ccc(-c2ccnc(N)n2)c(F)c1. The van der Waals surface area contributed by atoms with Crippen LogP contribution in [0.5, 0.6) is 5.75 Å². The van der Waals surface area contributed by atoms with Gasteiger partial charge in [0.25, 0.3) is 0 Å². The molecular weight excluding hydrogens is 209 g/mol. The fourth-order valence-electron chi connectivity index (χ4n) is 1.35. The first-order valence-electron chi connectivity index (χ1n) is 4.63. The maximum atomic E-state index is 13.7. The first-order valence-corrected chi connectivity index (χ1v) is 4.63. The summed E-state index contributed by atoms with van der Waals surface area (Å²) in [5.74, 6) is 0.174. The van der Waals surface area contributed by atoms with Gasteiger partial charge in [0.05, 0.1) is 12.8 Å². The third-order valence-electron chi connectivity index (χ3n) is 2.13. The fourth-order valence-corrected chi connectivity index (χ4v) is 1.35. The van der Waals surface area contributed by atoms with E-state index in [9.17, 15) is 4.39 Å². The second-order valence-corrected chi connectivity index (χ2v) is 3.15. The first-order chi connectivity index (χ1) is 7.70. The highest BCUT2D eigenvalue weighted by molar-refractivity contribution is 5.61. The Morgan fingerprint density at radius 1 is 1.31 bits per heavy atom. The number of benzene rings is 1. The number of hydrogen-bond donors (Lipinski definition) is 1. The summed E-state index contributed by atoms with van der Waals surface area (Å²) >= 11 is 0. The van der Waals surface area contributed by atoms with Gasteiger partial charge in [-0.15, -0.1) is 0 Å². The van der Waals surface area contributed by atoms with E-state index in [1.54, 1.807) is 18.2 Å². The minimum atomic E-state index is -0.405. The molecule has 0 aliphatic carbocycles. The fraction of sp³-hybridized carbons (Fsp3) is 0.0909. The van der Waals surface area contributed by atoms with Gasteiger partial charge in [-0.25, -0.2) is 14.4 Å². The smallest absolute Gasteiger partial charge is 0.220 e. The highest BCUT2D eigenvalue weighted by Gasteiger charge is 2.08. The van der Waals surface area contributed by atoms with Crippen LogP contribution in [0.1, 0.15) is 0 Å². The zero-order chi connectivity index (χ0) is 11.5. The van der Waals surface area contributed by atoms with Crippen molar-refractivity contribution in [1.29, 1.82) is 0 Å². The summed E-state index contributed by atoms with van der Waals surface area (Å²) < 4.78 is 18.6. The van der Waals surface area contributed by atoms with E-state index in [-0.39, 0.29) is 5.95 Å². The van der Waals surface area contributed by atoms with Crippen molar-refractivity contribution in [1.82, 2.24) is 9.97 Å². The Labute approximate surface area is 91.9 Å². The molecule has 0 saturated carbocycles. The van der Waals surface area contributed by atoms with Gasteiger partial charge < -0.3 is 10.5 Å². The van der Waals surface area contributed by atoms with Crippen LogP contribution in [0, 0.1) is 5.82 Å². The van der Waals surface area contributed by atoms with Crippen molar-refractivity contribution in [3.63, 3.8) is 0 Å². The van der Waals surface area contributed by atoms with E-state index in [2.05, 4.69) is 9.97 Å². The minimum Gasteiger partial charge on any atom is -0.497 e. The molecule has 0 bridgehead atoms. The van der Waals surface area contributed by atoms with Crippen LogP contribution in [0.3, 0.4) is 0 Å². The van der Waals surface area contributed by atoms with Crippen molar-refractivity contribution in [2.24, 2.45) is 0 Å². The Morgan fingerprint density at radius 3 is 2.75 bits per heavy atom. The lowest BCUT2D eigenvalue weighted by atomic mass is 10.1. The normalized spacial score (nSPS) is 10.1. The van der Waals surface area contributed by atoms with Crippen LogP contribution in [-0.4, -0.2) is 17.1 Å². The summed E-state index contributed by atoms with van der Waals surface area (Å²) in [6.07, 6.45) is 1.49. The number of nitrogen functional groups attached to an aromatic ring is 1. The van der Waals surface area contributed by atoms with Gasteiger partial charge in [0.2, 0.25) is 5.95 Å². The molecule has 0 spiro atoms. The van der Waals surface area contributed by atoms with Crippen LogP contribution >= 0.6 is 0 Å². The number of rotatable bonds is 2. The number of nitrogens with zero attached hydrogens (tertiary/aromatic N) is 2. The molecule has 2 aromatic rings. The average molecular weight is 219 g/mol. The van der Waals surface area contributed by atoms with Crippen molar-refractivity contribution >= 4 is 5.95 Å². The summed E-state index contributed by atoms with van der Waals surface area (Å²) in [7, 11) is 1.48. The minimum absolute atomic E-state index is 0.118. The Hall–Kier alpha value is -2.17. The molecule has 1 heterocycles.